The molecule has 2 aromatic rings. The van der Waals surface area contributed by atoms with Crippen molar-refractivity contribution in [2.24, 2.45) is 0 Å². The van der Waals surface area contributed by atoms with Gasteiger partial charge < -0.3 is 14.2 Å². The molecular formula is C18H20N2O3S. The summed E-state index contributed by atoms with van der Waals surface area (Å²) in [5, 5.41) is 0. The molecule has 1 aromatic carbocycles. The lowest BCUT2D eigenvalue weighted by atomic mass is 10.2. The summed E-state index contributed by atoms with van der Waals surface area (Å²) >= 11 is 1.65. The molecule has 0 unspecified atom stereocenters. The van der Waals surface area contributed by atoms with Crippen LogP contribution in [0.2, 0.25) is 0 Å². The van der Waals surface area contributed by atoms with Gasteiger partial charge in [0.05, 0.1) is 6.26 Å². The van der Waals surface area contributed by atoms with Gasteiger partial charge in [0.1, 0.15) is 0 Å². The number of carbonyl (C=O) groups excluding carboxylic acids is 2. The number of nitrogens with zero attached hydrogens (tertiary/aromatic N) is 2. The first-order chi connectivity index (χ1) is 11.7. The number of amides is 2. The van der Waals surface area contributed by atoms with Crippen LogP contribution in [0, 0.1) is 0 Å². The van der Waals surface area contributed by atoms with E-state index in [1.54, 1.807) is 28.8 Å². The molecule has 0 radical (unpaired) electrons. The van der Waals surface area contributed by atoms with Crippen LogP contribution in [0.3, 0.4) is 0 Å². The highest BCUT2D eigenvalue weighted by molar-refractivity contribution is 7.98. The molecule has 0 saturated carbocycles. The predicted molar refractivity (Wildman–Crippen MR) is 93.4 cm³/mol. The van der Waals surface area contributed by atoms with Gasteiger partial charge in [-0.3, -0.25) is 9.59 Å². The van der Waals surface area contributed by atoms with E-state index in [2.05, 4.69) is 0 Å². The van der Waals surface area contributed by atoms with Gasteiger partial charge in [-0.2, -0.15) is 0 Å². The zero-order valence-electron chi connectivity index (χ0n) is 13.6. The lowest BCUT2D eigenvalue weighted by Crippen LogP contribution is -2.37. The first kappa shape index (κ1) is 16.6. The van der Waals surface area contributed by atoms with Crippen molar-refractivity contribution >= 4 is 23.6 Å². The highest BCUT2D eigenvalue weighted by Gasteiger charge is 2.24. The van der Waals surface area contributed by atoms with Crippen LogP contribution in [0.1, 0.15) is 27.3 Å². The van der Waals surface area contributed by atoms with E-state index >= 15 is 0 Å². The molecule has 2 heterocycles. The summed E-state index contributed by atoms with van der Waals surface area (Å²) in [7, 11) is 0. The van der Waals surface area contributed by atoms with E-state index in [-0.39, 0.29) is 11.8 Å². The first-order valence-electron chi connectivity index (χ1n) is 7.95. The van der Waals surface area contributed by atoms with Crippen LogP contribution in [0.5, 0.6) is 0 Å². The number of carbonyl (C=O) groups is 2. The molecule has 0 bridgehead atoms. The van der Waals surface area contributed by atoms with Crippen molar-refractivity contribution in [3.05, 3.63) is 54.0 Å². The van der Waals surface area contributed by atoms with Gasteiger partial charge in [0.15, 0.2) is 5.76 Å². The van der Waals surface area contributed by atoms with Gasteiger partial charge in [-0.05, 0) is 49.1 Å². The van der Waals surface area contributed by atoms with Crippen molar-refractivity contribution in [2.45, 2.75) is 11.3 Å². The number of rotatable bonds is 3. The lowest BCUT2D eigenvalue weighted by molar-refractivity contribution is 0.0700. The summed E-state index contributed by atoms with van der Waals surface area (Å²) in [5.41, 5.74) is 0.693. The number of benzene rings is 1. The topological polar surface area (TPSA) is 53.8 Å². The highest BCUT2D eigenvalue weighted by atomic mass is 32.2. The van der Waals surface area contributed by atoms with Gasteiger partial charge in [-0.15, -0.1) is 11.8 Å². The molecule has 24 heavy (non-hydrogen) atoms. The Balaban J connectivity index is 1.64. The van der Waals surface area contributed by atoms with Crippen molar-refractivity contribution < 1.29 is 14.0 Å². The minimum atomic E-state index is -0.112. The fraction of sp³-hybridized carbons (Fsp3) is 0.333. The average Bonchev–Trinajstić information content (AvgIpc) is 3.05. The molecule has 0 N–H and O–H groups in total. The Morgan fingerprint density at radius 3 is 2.21 bits per heavy atom. The maximum absolute atomic E-state index is 12.7. The Hall–Kier alpha value is -2.21. The molecule has 1 fully saturated rings. The lowest BCUT2D eigenvalue weighted by Gasteiger charge is -2.21. The molecule has 1 aliphatic heterocycles. The molecule has 1 saturated heterocycles. The van der Waals surface area contributed by atoms with Crippen molar-refractivity contribution in [1.29, 1.82) is 0 Å². The third-order valence-corrected chi connectivity index (χ3v) is 4.88. The third kappa shape index (κ3) is 3.64. The van der Waals surface area contributed by atoms with Crippen LogP contribution in [-0.2, 0) is 0 Å². The largest absolute Gasteiger partial charge is 0.459 e. The van der Waals surface area contributed by atoms with Gasteiger partial charge in [0, 0.05) is 36.6 Å². The molecule has 0 atom stereocenters. The Kier molecular flexibility index (Phi) is 5.25. The van der Waals surface area contributed by atoms with Crippen LogP contribution >= 0.6 is 11.8 Å². The normalized spacial score (nSPS) is 15.2. The van der Waals surface area contributed by atoms with Crippen molar-refractivity contribution in [1.82, 2.24) is 9.80 Å². The Morgan fingerprint density at radius 2 is 1.62 bits per heavy atom. The van der Waals surface area contributed by atoms with E-state index in [9.17, 15) is 9.59 Å². The van der Waals surface area contributed by atoms with Crippen LogP contribution in [0.4, 0.5) is 0 Å². The molecule has 6 heteroatoms. The van der Waals surface area contributed by atoms with Crippen molar-refractivity contribution in [3.63, 3.8) is 0 Å². The third-order valence-electron chi connectivity index (χ3n) is 4.14. The van der Waals surface area contributed by atoms with E-state index in [1.165, 1.54) is 6.26 Å². The van der Waals surface area contributed by atoms with E-state index in [4.69, 9.17) is 4.42 Å². The standard InChI is InChI=1S/C18H20N2O3S/c1-24-15-7-5-14(6-8-15)17(21)19-9-3-10-20(12-11-19)18(22)16-4-2-13-23-16/h2,4-8,13H,3,9-12H2,1H3. The molecule has 2 amide bonds. The van der Waals surface area contributed by atoms with Crippen LogP contribution in [0.25, 0.3) is 0 Å². The van der Waals surface area contributed by atoms with E-state index in [1.807, 2.05) is 35.4 Å². The molecule has 3 rings (SSSR count). The minimum Gasteiger partial charge on any atom is -0.459 e. The quantitative estimate of drug-likeness (QED) is 0.803. The summed E-state index contributed by atoms with van der Waals surface area (Å²) in [5.74, 6) is 0.260. The number of hydrogen-bond acceptors (Lipinski definition) is 4. The molecule has 5 nitrogen and oxygen atoms in total. The fourth-order valence-corrected chi connectivity index (χ4v) is 3.20. The van der Waals surface area contributed by atoms with Gasteiger partial charge in [-0.1, -0.05) is 0 Å². The van der Waals surface area contributed by atoms with E-state index in [0.717, 1.165) is 11.3 Å². The van der Waals surface area contributed by atoms with Gasteiger partial charge >= 0.3 is 0 Å². The van der Waals surface area contributed by atoms with E-state index < -0.39 is 0 Å². The smallest absolute Gasteiger partial charge is 0.289 e. The molecule has 1 aliphatic rings. The molecule has 1 aromatic heterocycles. The van der Waals surface area contributed by atoms with Crippen molar-refractivity contribution in [3.8, 4) is 0 Å². The van der Waals surface area contributed by atoms with Gasteiger partial charge in [0.25, 0.3) is 11.8 Å². The Labute approximate surface area is 145 Å². The second-order valence-electron chi connectivity index (χ2n) is 5.64. The molecule has 126 valence electrons. The van der Waals surface area contributed by atoms with E-state index in [0.29, 0.717) is 37.5 Å². The molecule has 0 aliphatic carbocycles. The second-order valence-corrected chi connectivity index (χ2v) is 6.52. The summed E-state index contributed by atoms with van der Waals surface area (Å²) in [4.78, 5) is 29.7. The Bertz CT molecular complexity index is 698. The molecular weight excluding hydrogens is 324 g/mol. The summed E-state index contributed by atoms with van der Waals surface area (Å²) in [6.07, 6.45) is 4.27. The summed E-state index contributed by atoms with van der Waals surface area (Å²) in [6.45, 7) is 2.35. The number of thioether (sulfide) groups is 1. The summed E-state index contributed by atoms with van der Waals surface area (Å²) in [6, 6.07) is 11.0. The molecule has 0 spiro atoms. The van der Waals surface area contributed by atoms with Gasteiger partial charge in [-0.25, -0.2) is 0 Å². The maximum Gasteiger partial charge on any atom is 0.289 e. The van der Waals surface area contributed by atoms with Crippen molar-refractivity contribution in [2.75, 3.05) is 32.4 Å². The summed E-state index contributed by atoms with van der Waals surface area (Å²) < 4.78 is 5.18. The van der Waals surface area contributed by atoms with Crippen LogP contribution < -0.4 is 0 Å². The highest BCUT2D eigenvalue weighted by Crippen LogP contribution is 2.17. The zero-order valence-corrected chi connectivity index (χ0v) is 14.4. The number of furan rings is 1. The minimum absolute atomic E-state index is 0.0231. The van der Waals surface area contributed by atoms with Crippen LogP contribution in [0.15, 0.2) is 52.0 Å². The second kappa shape index (κ2) is 7.57. The average molecular weight is 344 g/mol. The maximum atomic E-state index is 12.7. The first-order valence-corrected chi connectivity index (χ1v) is 9.17. The predicted octanol–water partition coefficient (Wildman–Crippen LogP) is 2.99. The Morgan fingerprint density at radius 1 is 0.958 bits per heavy atom. The van der Waals surface area contributed by atoms with Crippen LogP contribution in [-0.4, -0.2) is 54.0 Å². The zero-order chi connectivity index (χ0) is 16.9. The SMILES string of the molecule is CSc1ccc(C(=O)N2CCCN(C(=O)c3ccco3)CC2)cc1. The number of hydrogen-bond donors (Lipinski definition) is 0. The fourth-order valence-electron chi connectivity index (χ4n) is 2.80. The van der Waals surface area contributed by atoms with Gasteiger partial charge in [0.2, 0.25) is 0 Å². The monoisotopic (exact) mass is 344 g/mol.